The molecule has 0 spiro atoms. The summed E-state index contributed by atoms with van der Waals surface area (Å²) in [6.45, 7) is 0.514. The van der Waals surface area contributed by atoms with Crippen LogP contribution in [-0.2, 0) is 10.3 Å². The highest BCUT2D eigenvalue weighted by Crippen LogP contribution is 2.36. The molecule has 0 aliphatic carbocycles. The van der Waals surface area contributed by atoms with E-state index >= 15 is 0 Å². The molecule has 1 heterocycles. The fourth-order valence-corrected chi connectivity index (χ4v) is 3.66. The van der Waals surface area contributed by atoms with E-state index in [0.717, 1.165) is 0 Å². The maximum Gasteiger partial charge on any atom is 0.325 e. The van der Waals surface area contributed by atoms with Crippen molar-refractivity contribution < 1.29 is 18.7 Å². The van der Waals surface area contributed by atoms with Crippen molar-refractivity contribution in [1.29, 1.82) is 0 Å². The summed E-state index contributed by atoms with van der Waals surface area (Å²) in [6, 6.07) is 23.8. The molecule has 3 aromatic carbocycles. The van der Waals surface area contributed by atoms with Gasteiger partial charge in [0.15, 0.2) is 5.54 Å². The zero-order chi connectivity index (χ0) is 21.0. The summed E-state index contributed by atoms with van der Waals surface area (Å²) < 4.78 is 18.6. The van der Waals surface area contributed by atoms with E-state index in [2.05, 4.69) is 5.32 Å². The Balaban J connectivity index is 1.51. The van der Waals surface area contributed by atoms with Gasteiger partial charge in [-0.05, 0) is 41.8 Å². The van der Waals surface area contributed by atoms with Gasteiger partial charge in [0.1, 0.15) is 11.6 Å². The first kappa shape index (κ1) is 19.6. The lowest BCUT2D eigenvalue weighted by molar-refractivity contribution is -0.130. The molecule has 6 heteroatoms. The first-order valence-corrected chi connectivity index (χ1v) is 9.75. The van der Waals surface area contributed by atoms with Crippen LogP contribution in [0.25, 0.3) is 0 Å². The minimum atomic E-state index is -1.25. The molecule has 1 aliphatic rings. The summed E-state index contributed by atoms with van der Waals surface area (Å²) in [5.41, 5.74) is 0.163. The third kappa shape index (κ3) is 3.64. The van der Waals surface area contributed by atoms with E-state index in [1.807, 2.05) is 60.7 Å². The quantitative estimate of drug-likeness (QED) is 0.477. The van der Waals surface area contributed by atoms with Gasteiger partial charge in [0.05, 0.1) is 6.61 Å². The van der Waals surface area contributed by atoms with E-state index in [4.69, 9.17) is 4.74 Å². The van der Waals surface area contributed by atoms with Crippen molar-refractivity contribution in [2.24, 2.45) is 0 Å². The number of nitrogens with zero attached hydrogens (tertiary/aromatic N) is 1. The van der Waals surface area contributed by atoms with Crippen LogP contribution < -0.4 is 10.1 Å². The number of hydrogen-bond acceptors (Lipinski definition) is 3. The minimum absolute atomic E-state index is 0.216. The lowest BCUT2D eigenvalue weighted by Gasteiger charge is -2.28. The van der Waals surface area contributed by atoms with Crippen LogP contribution in [-0.4, -0.2) is 30.0 Å². The first-order valence-electron chi connectivity index (χ1n) is 9.75. The van der Waals surface area contributed by atoms with Gasteiger partial charge in [-0.15, -0.1) is 0 Å². The molecule has 0 aromatic heterocycles. The molecular weight excluding hydrogens is 383 g/mol. The molecule has 1 aliphatic heterocycles. The summed E-state index contributed by atoms with van der Waals surface area (Å²) in [7, 11) is 0. The maximum absolute atomic E-state index is 13.5. The standard InChI is InChI=1S/C24H21FN2O3/c25-20-12-14-21(15-13-20)30-17-7-16-27-22(28)24(26-23(27)29,18-8-3-1-4-9-18)19-10-5-2-6-11-19/h1-6,8-15H,7,16-17H2,(H,26,29). The predicted molar refractivity (Wildman–Crippen MR) is 110 cm³/mol. The molecule has 1 N–H and O–H groups in total. The minimum Gasteiger partial charge on any atom is -0.494 e. The van der Waals surface area contributed by atoms with Crippen molar-refractivity contribution in [2.45, 2.75) is 12.0 Å². The third-order valence-electron chi connectivity index (χ3n) is 5.13. The Morgan fingerprint density at radius 2 is 1.40 bits per heavy atom. The zero-order valence-corrected chi connectivity index (χ0v) is 16.3. The number of urea groups is 1. The van der Waals surface area contributed by atoms with Gasteiger partial charge in [-0.1, -0.05) is 60.7 Å². The number of halogens is 1. The van der Waals surface area contributed by atoms with E-state index < -0.39 is 11.6 Å². The summed E-state index contributed by atoms with van der Waals surface area (Å²) in [6.07, 6.45) is 0.455. The Kier molecular flexibility index (Phi) is 5.48. The Bertz CT molecular complexity index is 984. The van der Waals surface area contributed by atoms with Gasteiger partial charge in [0.25, 0.3) is 5.91 Å². The monoisotopic (exact) mass is 404 g/mol. The Labute approximate surface area is 174 Å². The van der Waals surface area contributed by atoms with Gasteiger partial charge in [-0.2, -0.15) is 0 Å². The number of imide groups is 1. The summed E-state index contributed by atoms with van der Waals surface area (Å²) in [5, 5.41) is 2.92. The van der Waals surface area contributed by atoms with Crippen LogP contribution in [0.1, 0.15) is 17.5 Å². The number of benzene rings is 3. The third-order valence-corrected chi connectivity index (χ3v) is 5.13. The molecule has 3 aromatic rings. The average Bonchev–Trinajstić information content (AvgIpc) is 3.04. The number of amides is 3. The van der Waals surface area contributed by atoms with Crippen LogP contribution in [0.2, 0.25) is 0 Å². The molecular formula is C24H21FN2O3. The fraction of sp³-hybridized carbons (Fsp3) is 0.167. The molecule has 3 amide bonds. The van der Waals surface area contributed by atoms with E-state index in [1.54, 1.807) is 12.1 Å². The molecule has 0 atom stereocenters. The number of carbonyl (C=O) groups is 2. The zero-order valence-electron chi connectivity index (χ0n) is 16.3. The second kappa shape index (κ2) is 8.37. The van der Waals surface area contributed by atoms with Crippen LogP contribution in [0.4, 0.5) is 9.18 Å². The summed E-state index contributed by atoms with van der Waals surface area (Å²) in [5.74, 6) is -0.108. The molecule has 30 heavy (non-hydrogen) atoms. The molecule has 1 saturated heterocycles. The highest BCUT2D eigenvalue weighted by Gasteiger charge is 2.53. The Morgan fingerprint density at radius 1 is 0.833 bits per heavy atom. The Hall–Kier alpha value is -3.67. The van der Waals surface area contributed by atoms with Crippen molar-refractivity contribution >= 4 is 11.9 Å². The van der Waals surface area contributed by atoms with E-state index in [-0.39, 0.29) is 18.3 Å². The molecule has 152 valence electrons. The van der Waals surface area contributed by atoms with Crippen LogP contribution in [0.5, 0.6) is 5.75 Å². The van der Waals surface area contributed by atoms with E-state index in [9.17, 15) is 14.0 Å². The van der Waals surface area contributed by atoms with Gasteiger partial charge in [0.2, 0.25) is 0 Å². The summed E-state index contributed by atoms with van der Waals surface area (Å²) in [4.78, 5) is 27.5. The fourth-order valence-electron chi connectivity index (χ4n) is 3.66. The SMILES string of the molecule is O=C1NC(c2ccccc2)(c2ccccc2)C(=O)N1CCCOc1ccc(F)cc1. The number of rotatable bonds is 7. The topological polar surface area (TPSA) is 58.6 Å². The number of carbonyl (C=O) groups excluding carboxylic acids is 2. The second-order valence-corrected chi connectivity index (χ2v) is 7.02. The van der Waals surface area contributed by atoms with E-state index in [1.165, 1.54) is 17.0 Å². The van der Waals surface area contributed by atoms with Crippen molar-refractivity contribution in [3.8, 4) is 5.75 Å². The number of ether oxygens (including phenoxy) is 1. The smallest absolute Gasteiger partial charge is 0.325 e. The normalized spacial score (nSPS) is 15.2. The maximum atomic E-state index is 13.5. The molecule has 0 radical (unpaired) electrons. The van der Waals surface area contributed by atoms with Crippen LogP contribution in [0.15, 0.2) is 84.9 Å². The molecule has 4 rings (SSSR count). The van der Waals surface area contributed by atoms with Crippen molar-refractivity contribution in [3.05, 3.63) is 102 Å². The van der Waals surface area contributed by atoms with Gasteiger partial charge < -0.3 is 10.1 Å². The predicted octanol–water partition coefficient (Wildman–Crippen LogP) is 4.09. The molecule has 1 fully saturated rings. The van der Waals surface area contributed by atoms with Gasteiger partial charge >= 0.3 is 6.03 Å². The lowest BCUT2D eigenvalue weighted by atomic mass is 9.82. The molecule has 5 nitrogen and oxygen atoms in total. The van der Waals surface area contributed by atoms with Crippen molar-refractivity contribution in [1.82, 2.24) is 10.2 Å². The van der Waals surface area contributed by atoms with Crippen molar-refractivity contribution in [3.63, 3.8) is 0 Å². The van der Waals surface area contributed by atoms with Crippen LogP contribution in [0.3, 0.4) is 0 Å². The molecule has 0 unspecified atom stereocenters. The van der Waals surface area contributed by atoms with Gasteiger partial charge in [0, 0.05) is 6.54 Å². The van der Waals surface area contributed by atoms with Crippen LogP contribution in [0, 0.1) is 5.82 Å². The lowest BCUT2D eigenvalue weighted by Crippen LogP contribution is -2.45. The Morgan fingerprint density at radius 3 is 1.97 bits per heavy atom. The van der Waals surface area contributed by atoms with Gasteiger partial charge in [-0.3, -0.25) is 9.69 Å². The average molecular weight is 404 g/mol. The van der Waals surface area contributed by atoms with Gasteiger partial charge in [-0.25, -0.2) is 9.18 Å². The molecule has 0 bridgehead atoms. The highest BCUT2D eigenvalue weighted by atomic mass is 19.1. The number of hydrogen-bond donors (Lipinski definition) is 1. The van der Waals surface area contributed by atoms with Crippen molar-refractivity contribution in [2.75, 3.05) is 13.2 Å². The largest absolute Gasteiger partial charge is 0.494 e. The number of nitrogens with one attached hydrogen (secondary N) is 1. The van der Waals surface area contributed by atoms with E-state index in [0.29, 0.717) is 29.9 Å². The van der Waals surface area contributed by atoms with Crippen LogP contribution >= 0.6 is 0 Å². The first-order chi connectivity index (χ1) is 14.6. The highest BCUT2D eigenvalue weighted by molar-refractivity contribution is 6.09. The second-order valence-electron chi connectivity index (χ2n) is 7.02. The summed E-state index contributed by atoms with van der Waals surface area (Å²) >= 11 is 0. The molecule has 0 saturated carbocycles.